The Morgan fingerprint density at radius 2 is 2.12 bits per heavy atom. The third-order valence-corrected chi connectivity index (χ3v) is 7.14. The molecule has 0 amide bonds. The van der Waals surface area contributed by atoms with Gasteiger partial charge in [0, 0.05) is 22.1 Å². The van der Waals surface area contributed by atoms with Gasteiger partial charge in [-0.05, 0) is 69.2 Å². The summed E-state index contributed by atoms with van der Waals surface area (Å²) in [6.45, 7) is 3.35. The number of hydrogen-bond donors (Lipinski definition) is 0. The fraction of sp³-hybridized carbons (Fsp3) is 0.714. The maximum Gasteiger partial charge on any atom is 0.123 e. The summed E-state index contributed by atoms with van der Waals surface area (Å²) in [6, 6.07) is 6.35. The van der Waals surface area contributed by atoms with E-state index < -0.39 is 0 Å². The molecule has 0 aromatic heterocycles. The van der Waals surface area contributed by atoms with Crippen LogP contribution in [0.15, 0.2) is 22.7 Å². The lowest BCUT2D eigenvalue weighted by molar-refractivity contribution is 0.0868. The monoisotopic (exact) mass is 393 g/mol. The Hall–Kier alpha value is -0.540. The molecule has 1 aromatic carbocycles. The number of fused-ring (bicyclic) bond motifs is 2. The van der Waals surface area contributed by atoms with Crippen molar-refractivity contribution in [2.24, 2.45) is 11.8 Å². The van der Waals surface area contributed by atoms with Crippen molar-refractivity contribution in [2.75, 3.05) is 14.2 Å². The predicted molar refractivity (Wildman–Crippen MR) is 104 cm³/mol. The summed E-state index contributed by atoms with van der Waals surface area (Å²) in [4.78, 5) is 2.64. The molecule has 0 saturated heterocycles. The van der Waals surface area contributed by atoms with Gasteiger partial charge in [0.15, 0.2) is 0 Å². The van der Waals surface area contributed by atoms with Crippen molar-refractivity contribution in [3.63, 3.8) is 0 Å². The van der Waals surface area contributed by atoms with Crippen molar-refractivity contribution in [3.05, 3.63) is 28.2 Å². The summed E-state index contributed by atoms with van der Waals surface area (Å²) in [6.07, 6.45) is 11.2. The number of benzene rings is 1. The van der Waals surface area contributed by atoms with Crippen LogP contribution in [0.3, 0.4) is 0 Å². The Labute approximate surface area is 156 Å². The molecule has 0 radical (unpaired) electrons. The highest BCUT2D eigenvalue weighted by Crippen LogP contribution is 2.48. The van der Waals surface area contributed by atoms with Crippen LogP contribution in [-0.4, -0.2) is 24.6 Å². The molecular weight excluding hydrogens is 362 g/mol. The number of rotatable bonds is 5. The normalized spacial score (nSPS) is 30.2. The highest BCUT2D eigenvalue weighted by molar-refractivity contribution is 9.10. The molecule has 24 heavy (non-hydrogen) atoms. The van der Waals surface area contributed by atoms with Crippen LogP contribution in [0.1, 0.15) is 63.9 Å². The average Bonchev–Trinajstić information content (AvgIpc) is 2.99. The largest absolute Gasteiger partial charge is 0.496 e. The van der Waals surface area contributed by atoms with Crippen LogP contribution in [-0.2, 0) is 6.54 Å². The lowest BCUT2D eigenvalue weighted by atomic mass is 9.79. The maximum atomic E-state index is 5.59. The predicted octanol–water partition coefficient (Wildman–Crippen LogP) is 6.03. The molecule has 2 bridgehead atoms. The molecule has 3 heteroatoms. The van der Waals surface area contributed by atoms with E-state index in [9.17, 15) is 0 Å². The molecule has 2 aliphatic rings. The number of halogens is 1. The lowest BCUT2D eigenvalue weighted by Crippen LogP contribution is -2.44. The summed E-state index contributed by atoms with van der Waals surface area (Å²) in [7, 11) is 4.11. The Kier molecular flexibility index (Phi) is 5.92. The molecule has 2 aliphatic carbocycles. The van der Waals surface area contributed by atoms with Gasteiger partial charge in [0.2, 0.25) is 0 Å². The van der Waals surface area contributed by atoms with Crippen molar-refractivity contribution in [1.29, 1.82) is 0 Å². The Morgan fingerprint density at radius 3 is 2.88 bits per heavy atom. The second kappa shape index (κ2) is 7.78. The topological polar surface area (TPSA) is 12.5 Å². The van der Waals surface area contributed by atoms with Gasteiger partial charge in [0.25, 0.3) is 0 Å². The van der Waals surface area contributed by atoms with Gasteiger partial charge in [-0.15, -0.1) is 0 Å². The van der Waals surface area contributed by atoms with Crippen molar-refractivity contribution in [2.45, 2.75) is 70.4 Å². The maximum absolute atomic E-state index is 5.59. The Bertz CT molecular complexity index is 561. The zero-order valence-corrected chi connectivity index (χ0v) is 17.1. The van der Waals surface area contributed by atoms with Gasteiger partial charge in [0.05, 0.1) is 7.11 Å². The standard InChI is InChI=1S/C21H32BrNO/c1-4-16-6-5-10-21(11-9-17(12-16)14-21)23(2)15-18-13-19(22)7-8-20(18)24-3/h7-8,13,16-17H,4-6,9-12,14-15H2,1-3H3. The zero-order chi connectivity index (χ0) is 17.2. The van der Waals surface area contributed by atoms with Crippen molar-refractivity contribution < 1.29 is 4.74 Å². The molecule has 0 N–H and O–H groups in total. The number of hydrogen-bond acceptors (Lipinski definition) is 2. The third kappa shape index (κ3) is 3.83. The summed E-state index contributed by atoms with van der Waals surface area (Å²) >= 11 is 3.61. The smallest absolute Gasteiger partial charge is 0.123 e. The molecule has 2 fully saturated rings. The van der Waals surface area contributed by atoms with Crippen molar-refractivity contribution >= 4 is 15.9 Å². The zero-order valence-electron chi connectivity index (χ0n) is 15.5. The molecular formula is C21H32BrNO. The van der Waals surface area contributed by atoms with Crippen LogP contribution >= 0.6 is 15.9 Å². The van der Waals surface area contributed by atoms with Crippen LogP contribution in [0.5, 0.6) is 5.75 Å². The van der Waals surface area contributed by atoms with E-state index in [0.717, 1.165) is 28.6 Å². The van der Waals surface area contributed by atoms with E-state index in [1.807, 2.05) is 0 Å². The summed E-state index contributed by atoms with van der Waals surface area (Å²) in [5.74, 6) is 2.93. The lowest BCUT2D eigenvalue weighted by Gasteiger charge is -2.41. The van der Waals surface area contributed by atoms with Crippen molar-refractivity contribution in [1.82, 2.24) is 4.90 Å². The van der Waals surface area contributed by atoms with Gasteiger partial charge in [-0.1, -0.05) is 42.1 Å². The molecule has 2 nitrogen and oxygen atoms in total. The SMILES string of the molecule is CCC1CCCC2(N(C)Cc3cc(Br)ccc3OC)CCC(C1)C2. The molecule has 1 aromatic rings. The van der Waals surface area contributed by atoms with Gasteiger partial charge >= 0.3 is 0 Å². The van der Waals surface area contributed by atoms with E-state index in [1.54, 1.807) is 7.11 Å². The highest BCUT2D eigenvalue weighted by atomic mass is 79.9. The summed E-state index contributed by atoms with van der Waals surface area (Å²) < 4.78 is 6.73. The first-order valence-corrected chi connectivity index (χ1v) is 10.4. The van der Waals surface area contributed by atoms with Crippen LogP contribution in [0, 0.1) is 11.8 Å². The van der Waals surface area contributed by atoms with E-state index in [-0.39, 0.29) is 0 Å². The minimum atomic E-state index is 0.413. The quantitative estimate of drug-likeness (QED) is 0.605. The molecule has 3 rings (SSSR count). The summed E-state index contributed by atoms with van der Waals surface area (Å²) in [5.41, 5.74) is 1.71. The van der Waals surface area contributed by atoms with E-state index in [0.29, 0.717) is 5.54 Å². The Balaban J connectivity index is 1.75. The first-order valence-electron chi connectivity index (χ1n) is 9.60. The molecule has 3 unspecified atom stereocenters. The molecule has 0 aliphatic heterocycles. The molecule has 2 saturated carbocycles. The van der Waals surface area contributed by atoms with Gasteiger partial charge in [-0.3, -0.25) is 4.90 Å². The second-order valence-electron chi connectivity index (χ2n) is 8.05. The first kappa shape index (κ1) is 18.3. The molecule has 134 valence electrons. The minimum absolute atomic E-state index is 0.413. The fourth-order valence-corrected chi connectivity index (χ4v) is 5.56. The van der Waals surface area contributed by atoms with E-state index in [2.05, 4.69) is 53.0 Å². The van der Waals surface area contributed by atoms with E-state index in [4.69, 9.17) is 4.74 Å². The van der Waals surface area contributed by atoms with Gasteiger partial charge in [-0.25, -0.2) is 0 Å². The van der Waals surface area contributed by atoms with Gasteiger partial charge < -0.3 is 4.74 Å². The Morgan fingerprint density at radius 1 is 1.29 bits per heavy atom. The third-order valence-electron chi connectivity index (χ3n) is 6.64. The molecule has 3 atom stereocenters. The first-order chi connectivity index (χ1) is 11.6. The molecule has 0 spiro atoms. The van der Waals surface area contributed by atoms with E-state index >= 15 is 0 Å². The van der Waals surface area contributed by atoms with Gasteiger partial charge in [-0.2, -0.15) is 0 Å². The molecule has 0 heterocycles. The number of ether oxygens (including phenoxy) is 1. The minimum Gasteiger partial charge on any atom is -0.496 e. The van der Waals surface area contributed by atoms with Gasteiger partial charge in [0.1, 0.15) is 5.75 Å². The van der Waals surface area contributed by atoms with Crippen LogP contribution in [0.4, 0.5) is 0 Å². The highest BCUT2D eigenvalue weighted by Gasteiger charge is 2.43. The summed E-state index contributed by atoms with van der Waals surface area (Å²) in [5, 5.41) is 0. The number of methoxy groups -OCH3 is 1. The van der Waals surface area contributed by atoms with Crippen LogP contribution < -0.4 is 4.74 Å². The second-order valence-corrected chi connectivity index (χ2v) is 8.96. The van der Waals surface area contributed by atoms with Crippen LogP contribution in [0.2, 0.25) is 0 Å². The van der Waals surface area contributed by atoms with E-state index in [1.165, 1.54) is 56.9 Å². The average molecular weight is 394 g/mol. The number of nitrogens with zero attached hydrogens (tertiary/aromatic N) is 1. The van der Waals surface area contributed by atoms with Crippen LogP contribution in [0.25, 0.3) is 0 Å². The van der Waals surface area contributed by atoms with Crippen molar-refractivity contribution in [3.8, 4) is 5.75 Å². The fourth-order valence-electron chi connectivity index (χ4n) is 5.15.